The molecule has 0 saturated heterocycles. The van der Waals surface area contributed by atoms with Crippen LogP contribution in [0.5, 0.6) is 0 Å². The van der Waals surface area contributed by atoms with Crippen molar-refractivity contribution in [2.75, 3.05) is 13.1 Å². The van der Waals surface area contributed by atoms with Gasteiger partial charge in [0.25, 0.3) is 0 Å². The van der Waals surface area contributed by atoms with Crippen LogP contribution in [0.4, 0.5) is 0 Å². The summed E-state index contributed by atoms with van der Waals surface area (Å²) in [5.41, 5.74) is 5.80. The van der Waals surface area contributed by atoms with Gasteiger partial charge in [0.1, 0.15) is 0 Å². The Balaban J connectivity index is 2.09. The first-order valence-corrected chi connectivity index (χ1v) is 4.38. The Morgan fingerprint density at radius 2 is 2.40 bits per heavy atom. The third-order valence-corrected chi connectivity index (χ3v) is 1.61. The molecule has 82 valence electrons. The molecular formula is C7H13N7O. The molecule has 0 aliphatic heterocycles. The van der Waals surface area contributed by atoms with E-state index in [-0.39, 0.29) is 18.4 Å². The molecule has 0 bridgehead atoms. The maximum Gasteiger partial charge on any atom is 0.239 e. The Labute approximate surface area is 86.1 Å². The van der Waals surface area contributed by atoms with Crippen LogP contribution >= 0.6 is 0 Å². The third-order valence-electron chi connectivity index (χ3n) is 1.61. The zero-order valence-corrected chi connectivity index (χ0v) is 8.08. The normalized spacial score (nSPS) is 9.60. The number of carbonyl (C=O) groups excluding carboxylic acids is 1. The van der Waals surface area contributed by atoms with Crippen LogP contribution in [0.25, 0.3) is 0 Å². The first kappa shape index (κ1) is 11.0. The zero-order valence-electron chi connectivity index (χ0n) is 8.08. The quantitative estimate of drug-likeness (QED) is 0.282. The SMILES string of the molecule is N=C(N)NCC(=O)NCCc1c[nH]nn1. The average Bonchev–Trinajstić information content (AvgIpc) is 2.67. The number of guanidine groups is 1. The summed E-state index contributed by atoms with van der Waals surface area (Å²) in [7, 11) is 0. The molecule has 0 radical (unpaired) electrons. The fraction of sp³-hybridized carbons (Fsp3) is 0.429. The number of hydrogen-bond acceptors (Lipinski definition) is 4. The van der Waals surface area contributed by atoms with E-state index in [1.807, 2.05) is 0 Å². The van der Waals surface area contributed by atoms with Crippen LogP contribution in [0.15, 0.2) is 6.20 Å². The van der Waals surface area contributed by atoms with E-state index >= 15 is 0 Å². The Morgan fingerprint density at radius 3 is 3.00 bits per heavy atom. The smallest absolute Gasteiger partial charge is 0.239 e. The number of hydrogen-bond donors (Lipinski definition) is 5. The molecule has 1 heterocycles. The van der Waals surface area contributed by atoms with Crippen molar-refractivity contribution in [3.05, 3.63) is 11.9 Å². The number of nitrogens with one attached hydrogen (secondary N) is 4. The number of nitrogens with two attached hydrogens (primary N) is 1. The lowest BCUT2D eigenvalue weighted by Crippen LogP contribution is -2.40. The monoisotopic (exact) mass is 211 g/mol. The van der Waals surface area contributed by atoms with Crippen LogP contribution in [-0.4, -0.2) is 40.4 Å². The van der Waals surface area contributed by atoms with Gasteiger partial charge in [0.2, 0.25) is 5.91 Å². The van der Waals surface area contributed by atoms with Crippen molar-refractivity contribution in [2.24, 2.45) is 5.73 Å². The number of aromatic nitrogens is 3. The Kier molecular flexibility index (Phi) is 4.07. The predicted molar refractivity (Wildman–Crippen MR) is 53.0 cm³/mol. The van der Waals surface area contributed by atoms with Gasteiger partial charge in [0.05, 0.1) is 12.2 Å². The van der Waals surface area contributed by atoms with Gasteiger partial charge in [0.15, 0.2) is 5.96 Å². The minimum Gasteiger partial charge on any atom is -0.370 e. The molecule has 0 aliphatic carbocycles. The minimum atomic E-state index is -0.221. The lowest BCUT2D eigenvalue weighted by Gasteiger charge is -2.04. The van der Waals surface area contributed by atoms with E-state index in [1.54, 1.807) is 6.20 Å². The zero-order chi connectivity index (χ0) is 11.1. The predicted octanol–water partition coefficient (Wildman–Crippen LogP) is -2.05. The van der Waals surface area contributed by atoms with Crippen molar-refractivity contribution in [3.8, 4) is 0 Å². The maximum atomic E-state index is 11.1. The molecule has 15 heavy (non-hydrogen) atoms. The van der Waals surface area contributed by atoms with Crippen molar-refractivity contribution < 1.29 is 4.79 Å². The van der Waals surface area contributed by atoms with Crippen molar-refractivity contribution in [2.45, 2.75) is 6.42 Å². The molecule has 1 rings (SSSR count). The Morgan fingerprint density at radius 1 is 1.60 bits per heavy atom. The maximum absolute atomic E-state index is 11.1. The molecule has 8 heteroatoms. The van der Waals surface area contributed by atoms with E-state index in [9.17, 15) is 4.79 Å². The largest absolute Gasteiger partial charge is 0.370 e. The summed E-state index contributed by atoms with van der Waals surface area (Å²) in [6, 6.07) is 0. The number of carbonyl (C=O) groups is 1. The topological polar surface area (TPSA) is 133 Å². The molecule has 8 nitrogen and oxygen atoms in total. The second-order valence-electron chi connectivity index (χ2n) is 2.83. The molecule has 0 aromatic carbocycles. The first-order chi connectivity index (χ1) is 7.18. The summed E-state index contributed by atoms with van der Waals surface area (Å²) in [6.07, 6.45) is 2.28. The van der Waals surface area contributed by atoms with Gasteiger partial charge in [0, 0.05) is 19.2 Å². The molecule has 0 aliphatic rings. The Hall–Kier alpha value is -2.12. The second kappa shape index (κ2) is 5.58. The molecule has 1 aromatic rings. The molecular weight excluding hydrogens is 198 g/mol. The first-order valence-electron chi connectivity index (χ1n) is 4.38. The number of H-pyrrole nitrogens is 1. The molecule has 0 atom stereocenters. The van der Waals surface area contributed by atoms with Crippen LogP contribution in [0.3, 0.4) is 0 Å². The van der Waals surface area contributed by atoms with Crippen molar-refractivity contribution in [1.29, 1.82) is 5.41 Å². The van der Waals surface area contributed by atoms with Crippen LogP contribution in [0, 0.1) is 5.41 Å². The van der Waals surface area contributed by atoms with Crippen molar-refractivity contribution in [1.82, 2.24) is 26.0 Å². The molecule has 0 saturated carbocycles. The highest BCUT2D eigenvalue weighted by molar-refractivity contribution is 5.83. The highest BCUT2D eigenvalue weighted by atomic mass is 16.1. The summed E-state index contributed by atoms with van der Waals surface area (Å²) < 4.78 is 0. The van der Waals surface area contributed by atoms with E-state index in [0.717, 1.165) is 5.69 Å². The van der Waals surface area contributed by atoms with Crippen molar-refractivity contribution >= 4 is 11.9 Å². The van der Waals surface area contributed by atoms with Gasteiger partial charge >= 0.3 is 0 Å². The van der Waals surface area contributed by atoms with Crippen LogP contribution in [-0.2, 0) is 11.2 Å². The van der Waals surface area contributed by atoms with E-state index in [0.29, 0.717) is 13.0 Å². The van der Waals surface area contributed by atoms with Crippen LogP contribution in [0.1, 0.15) is 5.69 Å². The van der Waals surface area contributed by atoms with Gasteiger partial charge in [-0.2, -0.15) is 0 Å². The summed E-state index contributed by atoms with van der Waals surface area (Å²) in [5.74, 6) is -0.435. The summed E-state index contributed by atoms with van der Waals surface area (Å²) in [4.78, 5) is 11.1. The van der Waals surface area contributed by atoms with E-state index < -0.39 is 0 Å². The van der Waals surface area contributed by atoms with Gasteiger partial charge in [-0.15, -0.1) is 5.10 Å². The minimum absolute atomic E-state index is 0.00808. The standard InChI is InChI=1S/C7H13N7O/c8-7(9)11-4-6(15)10-2-1-5-3-12-14-13-5/h3H,1-2,4H2,(H,10,15)(H4,8,9,11)(H,12,13,14). The molecule has 1 amide bonds. The summed E-state index contributed by atoms with van der Waals surface area (Å²) in [6.45, 7) is 0.485. The highest BCUT2D eigenvalue weighted by Gasteiger charge is 2.01. The highest BCUT2D eigenvalue weighted by Crippen LogP contribution is 1.87. The third kappa shape index (κ3) is 4.60. The number of rotatable bonds is 5. The molecule has 6 N–H and O–H groups in total. The van der Waals surface area contributed by atoms with Gasteiger partial charge in [-0.3, -0.25) is 15.3 Å². The summed E-state index contributed by atoms with van der Waals surface area (Å²) >= 11 is 0. The molecule has 0 fully saturated rings. The van der Waals surface area contributed by atoms with Crippen LogP contribution < -0.4 is 16.4 Å². The molecule has 0 spiro atoms. The van der Waals surface area contributed by atoms with Crippen LogP contribution in [0.2, 0.25) is 0 Å². The van der Waals surface area contributed by atoms with E-state index in [2.05, 4.69) is 26.0 Å². The van der Waals surface area contributed by atoms with Gasteiger partial charge in [-0.25, -0.2) is 0 Å². The summed E-state index contributed by atoms with van der Waals surface area (Å²) in [5, 5.41) is 21.8. The Bertz CT molecular complexity index is 320. The number of aromatic amines is 1. The lowest BCUT2D eigenvalue weighted by atomic mass is 10.3. The lowest BCUT2D eigenvalue weighted by molar-refractivity contribution is -0.119. The van der Waals surface area contributed by atoms with E-state index in [4.69, 9.17) is 11.1 Å². The fourth-order valence-corrected chi connectivity index (χ4v) is 0.915. The van der Waals surface area contributed by atoms with E-state index in [1.165, 1.54) is 0 Å². The van der Waals surface area contributed by atoms with Crippen molar-refractivity contribution in [3.63, 3.8) is 0 Å². The average molecular weight is 211 g/mol. The van der Waals surface area contributed by atoms with Gasteiger partial charge in [-0.05, 0) is 0 Å². The number of amides is 1. The van der Waals surface area contributed by atoms with Gasteiger partial charge < -0.3 is 16.4 Å². The van der Waals surface area contributed by atoms with Gasteiger partial charge in [-0.1, -0.05) is 5.21 Å². The second-order valence-corrected chi connectivity index (χ2v) is 2.83. The molecule has 0 unspecified atom stereocenters. The number of nitrogens with zero attached hydrogens (tertiary/aromatic N) is 2. The molecule has 1 aromatic heterocycles. The fourth-order valence-electron chi connectivity index (χ4n) is 0.915.